The Labute approximate surface area is 179 Å². The van der Waals surface area contributed by atoms with Crippen LogP contribution in [0.4, 0.5) is 5.69 Å². The van der Waals surface area contributed by atoms with Crippen LogP contribution in [0.3, 0.4) is 0 Å². The molecular formula is C22H24N4O5. The molecule has 1 saturated carbocycles. The lowest BCUT2D eigenvalue weighted by atomic mass is 10.1. The summed E-state index contributed by atoms with van der Waals surface area (Å²) in [5.74, 6) is 0.528. The highest BCUT2D eigenvalue weighted by Gasteiger charge is 2.40. The number of carbonyl (C=O) groups is 3. The van der Waals surface area contributed by atoms with Gasteiger partial charge in [-0.2, -0.15) is 5.10 Å². The zero-order chi connectivity index (χ0) is 21.4. The Kier molecular flexibility index (Phi) is 5.09. The predicted octanol–water partition coefficient (Wildman–Crippen LogP) is 2.29. The van der Waals surface area contributed by atoms with E-state index in [1.165, 1.54) is 28.5 Å². The highest BCUT2D eigenvalue weighted by Crippen LogP contribution is 2.37. The van der Waals surface area contributed by atoms with Crippen molar-refractivity contribution < 1.29 is 23.9 Å². The van der Waals surface area contributed by atoms with Crippen LogP contribution in [0.5, 0.6) is 11.5 Å². The highest BCUT2D eigenvalue weighted by atomic mass is 16.7. The Morgan fingerprint density at radius 1 is 1.10 bits per heavy atom. The molecule has 1 aromatic carbocycles. The topological polar surface area (TPSA) is 103 Å². The maximum Gasteiger partial charge on any atom is 0.277 e. The molecule has 3 heterocycles. The molecule has 1 atom stereocenters. The van der Waals surface area contributed by atoms with Gasteiger partial charge in [-0.3, -0.25) is 24.0 Å². The van der Waals surface area contributed by atoms with Gasteiger partial charge in [0, 0.05) is 17.8 Å². The van der Waals surface area contributed by atoms with Gasteiger partial charge in [-0.05, 0) is 31.0 Å². The number of anilines is 1. The van der Waals surface area contributed by atoms with E-state index < -0.39 is 6.04 Å². The largest absolute Gasteiger partial charge is 0.454 e. The van der Waals surface area contributed by atoms with Gasteiger partial charge < -0.3 is 14.8 Å². The number of nitrogens with zero attached hydrogens (tertiary/aromatic N) is 3. The van der Waals surface area contributed by atoms with Crippen LogP contribution in [-0.2, 0) is 11.3 Å². The normalized spacial score (nSPS) is 20.8. The number of aldehydes is 1. The van der Waals surface area contributed by atoms with E-state index >= 15 is 0 Å². The quantitative estimate of drug-likeness (QED) is 0.597. The molecule has 0 saturated heterocycles. The van der Waals surface area contributed by atoms with E-state index in [1.54, 1.807) is 18.2 Å². The summed E-state index contributed by atoms with van der Waals surface area (Å²) in [4.78, 5) is 39.4. The first kappa shape index (κ1) is 19.6. The number of amides is 2. The van der Waals surface area contributed by atoms with Crippen LogP contribution in [0.25, 0.3) is 0 Å². The number of carbonyl (C=O) groups excluding carboxylic acids is 3. The lowest BCUT2D eigenvalue weighted by molar-refractivity contribution is -0.123. The summed E-state index contributed by atoms with van der Waals surface area (Å²) in [6, 6.07) is 5.95. The van der Waals surface area contributed by atoms with Gasteiger partial charge in [-0.25, -0.2) is 0 Å². The summed E-state index contributed by atoms with van der Waals surface area (Å²) in [7, 11) is 0. The number of nitrogens with one attached hydrogen (secondary N) is 1. The van der Waals surface area contributed by atoms with E-state index in [4.69, 9.17) is 9.47 Å². The van der Waals surface area contributed by atoms with Crippen molar-refractivity contribution in [2.75, 3.05) is 11.7 Å². The third kappa shape index (κ3) is 3.64. The van der Waals surface area contributed by atoms with Crippen molar-refractivity contribution in [2.45, 2.75) is 57.2 Å². The van der Waals surface area contributed by atoms with E-state index in [0.29, 0.717) is 23.5 Å². The number of fused-ring (bicyclic) bond motifs is 2. The molecule has 0 bridgehead atoms. The first-order chi connectivity index (χ1) is 15.1. The van der Waals surface area contributed by atoms with Crippen molar-refractivity contribution in [2.24, 2.45) is 0 Å². The van der Waals surface area contributed by atoms with Crippen LogP contribution >= 0.6 is 0 Å². The molecule has 162 valence electrons. The fourth-order valence-corrected chi connectivity index (χ4v) is 4.57. The molecular weight excluding hydrogens is 400 g/mol. The fraction of sp³-hybridized carbons (Fsp3) is 0.455. The van der Waals surface area contributed by atoms with E-state index in [1.807, 2.05) is 0 Å². The molecule has 5 rings (SSSR count). The molecule has 2 amide bonds. The summed E-state index contributed by atoms with van der Waals surface area (Å²) in [6.45, 7) is 0.287. The fourth-order valence-electron chi connectivity index (χ4n) is 4.57. The van der Waals surface area contributed by atoms with Crippen molar-refractivity contribution in [1.29, 1.82) is 0 Å². The standard InChI is InChI=1S/C22H24N4O5/c27-12-15-9-17-22(29)26(16-7-8-19-20(10-16)31-13-30-19)18(11-25(17)24-15)21(28)23-14-5-3-1-2-4-6-14/h7-10,12,14,18H,1-6,11,13H2,(H,23,28). The third-order valence-electron chi connectivity index (χ3n) is 6.15. The lowest BCUT2D eigenvalue weighted by Crippen LogP contribution is -2.57. The van der Waals surface area contributed by atoms with Gasteiger partial charge >= 0.3 is 0 Å². The number of rotatable bonds is 4. The zero-order valence-corrected chi connectivity index (χ0v) is 17.1. The monoisotopic (exact) mass is 424 g/mol. The Morgan fingerprint density at radius 2 is 1.87 bits per heavy atom. The highest BCUT2D eigenvalue weighted by molar-refractivity contribution is 6.10. The number of ether oxygens (including phenoxy) is 2. The molecule has 0 radical (unpaired) electrons. The molecule has 2 aromatic rings. The second-order valence-corrected chi connectivity index (χ2v) is 8.18. The molecule has 1 aromatic heterocycles. The van der Waals surface area contributed by atoms with Crippen LogP contribution in [-0.4, -0.2) is 46.8 Å². The molecule has 9 heteroatoms. The molecule has 2 aliphatic heterocycles. The maximum atomic E-state index is 13.4. The SMILES string of the molecule is O=Cc1cc2n(n1)CC(C(=O)NC1CCCCCC1)N(c1ccc3c(c1)OCO3)C2=O. The summed E-state index contributed by atoms with van der Waals surface area (Å²) >= 11 is 0. The molecule has 1 N–H and O–H groups in total. The van der Waals surface area contributed by atoms with Gasteiger partial charge in [0.2, 0.25) is 12.7 Å². The summed E-state index contributed by atoms with van der Waals surface area (Å²) in [5.41, 5.74) is 0.979. The molecule has 9 nitrogen and oxygen atoms in total. The van der Waals surface area contributed by atoms with E-state index in [9.17, 15) is 14.4 Å². The molecule has 0 spiro atoms. The zero-order valence-electron chi connectivity index (χ0n) is 17.1. The van der Waals surface area contributed by atoms with Gasteiger partial charge in [0.1, 0.15) is 17.4 Å². The van der Waals surface area contributed by atoms with Gasteiger partial charge in [-0.1, -0.05) is 25.7 Å². The van der Waals surface area contributed by atoms with Crippen molar-refractivity contribution >= 4 is 23.8 Å². The summed E-state index contributed by atoms with van der Waals surface area (Å²) in [5, 5.41) is 7.33. The summed E-state index contributed by atoms with van der Waals surface area (Å²) < 4.78 is 12.3. The van der Waals surface area contributed by atoms with Crippen molar-refractivity contribution in [3.63, 3.8) is 0 Å². The minimum absolute atomic E-state index is 0.105. The first-order valence-electron chi connectivity index (χ1n) is 10.7. The van der Waals surface area contributed by atoms with Crippen LogP contribution in [0.2, 0.25) is 0 Å². The van der Waals surface area contributed by atoms with E-state index in [-0.39, 0.29) is 42.6 Å². The molecule has 1 unspecified atom stereocenters. The Bertz CT molecular complexity index is 1020. The minimum Gasteiger partial charge on any atom is -0.454 e. The van der Waals surface area contributed by atoms with Crippen LogP contribution in [0.1, 0.15) is 59.5 Å². The van der Waals surface area contributed by atoms with E-state index in [0.717, 1.165) is 25.7 Å². The molecule has 1 fully saturated rings. The smallest absolute Gasteiger partial charge is 0.277 e. The summed E-state index contributed by atoms with van der Waals surface area (Å²) in [6.07, 6.45) is 7.03. The number of benzene rings is 1. The van der Waals surface area contributed by atoms with Crippen LogP contribution < -0.4 is 19.7 Å². The van der Waals surface area contributed by atoms with Crippen LogP contribution in [0, 0.1) is 0 Å². The third-order valence-corrected chi connectivity index (χ3v) is 6.15. The second kappa shape index (κ2) is 8.05. The number of hydrogen-bond acceptors (Lipinski definition) is 6. The average Bonchev–Trinajstić information content (AvgIpc) is 3.34. The number of aromatic nitrogens is 2. The Balaban J connectivity index is 1.49. The van der Waals surface area contributed by atoms with E-state index in [2.05, 4.69) is 10.4 Å². The maximum absolute atomic E-state index is 13.4. The van der Waals surface area contributed by atoms with Gasteiger partial charge in [0.25, 0.3) is 5.91 Å². The molecule has 31 heavy (non-hydrogen) atoms. The minimum atomic E-state index is -0.789. The van der Waals surface area contributed by atoms with Crippen LogP contribution in [0.15, 0.2) is 24.3 Å². The lowest BCUT2D eigenvalue weighted by Gasteiger charge is -2.35. The van der Waals surface area contributed by atoms with Gasteiger partial charge in [-0.15, -0.1) is 0 Å². The Hall–Kier alpha value is -3.36. The number of hydrogen-bond donors (Lipinski definition) is 1. The van der Waals surface area contributed by atoms with Gasteiger partial charge in [0.15, 0.2) is 17.8 Å². The Morgan fingerprint density at radius 3 is 2.65 bits per heavy atom. The predicted molar refractivity (Wildman–Crippen MR) is 110 cm³/mol. The first-order valence-corrected chi connectivity index (χ1v) is 10.7. The van der Waals surface area contributed by atoms with Gasteiger partial charge in [0.05, 0.1) is 6.54 Å². The molecule has 3 aliphatic rings. The molecule has 1 aliphatic carbocycles. The van der Waals surface area contributed by atoms with Crippen molar-refractivity contribution in [3.8, 4) is 11.5 Å². The van der Waals surface area contributed by atoms with Crippen molar-refractivity contribution in [3.05, 3.63) is 35.7 Å². The second-order valence-electron chi connectivity index (χ2n) is 8.18. The average molecular weight is 424 g/mol. The van der Waals surface area contributed by atoms with Crippen molar-refractivity contribution in [1.82, 2.24) is 15.1 Å².